The third-order valence-electron chi connectivity index (χ3n) is 8.99. The third kappa shape index (κ3) is 9.78. The summed E-state index contributed by atoms with van der Waals surface area (Å²) in [7, 11) is 0. The number of ether oxygens (including phenoxy) is 1. The third-order valence-corrected chi connectivity index (χ3v) is 8.99. The quantitative estimate of drug-likeness (QED) is 0.135. The zero-order chi connectivity index (χ0) is 31.4. The number of carbonyl (C=O) groups excluding carboxylic acids is 3. The van der Waals surface area contributed by atoms with Crippen molar-refractivity contribution in [1.29, 1.82) is 0 Å². The summed E-state index contributed by atoms with van der Waals surface area (Å²) < 4.78 is 5.74. The van der Waals surface area contributed by atoms with Crippen LogP contribution in [0.15, 0.2) is 73.3 Å². The highest BCUT2D eigenvalue weighted by Gasteiger charge is 2.47. The molecular formula is C36H50N2O5. The second-order valence-corrected chi connectivity index (χ2v) is 12.6. The number of benzene rings is 2. The predicted octanol–water partition coefficient (Wildman–Crippen LogP) is 5.54. The van der Waals surface area contributed by atoms with Crippen molar-refractivity contribution in [3.8, 4) is 0 Å². The molecule has 2 aromatic carbocycles. The number of amides is 2. The maximum Gasteiger partial charge on any atom is 0.323 e. The van der Waals surface area contributed by atoms with Gasteiger partial charge < -0.3 is 20.9 Å². The molecule has 1 fully saturated rings. The Bertz CT molecular complexity index is 1140. The highest BCUT2D eigenvalue weighted by atomic mass is 16.5. The molecule has 4 atom stereocenters. The minimum absolute atomic E-state index is 0.0341. The van der Waals surface area contributed by atoms with Crippen molar-refractivity contribution in [2.24, 2.45) is 28.9 Å². The number of hydrogen-bond donors (Lipinski definition) is 3. The van der Waals surface area contributed by atoms with Crippen LogP contribution < -0.4 is 11.1 Å². The van der Waals surface area contributed by atoms with Crippen molar-refractivity contribution in [2.45, 2.75) is 96.8 Å². The Labute approximate surface area is 257 Å². The van der Waals surface area contributed by atoms with Gasteiger partial charge in [0, 0.05) is 0 Å². The number of allylic oxidation sites excluding steroid dienone is 1. The fraction of sp³-hybridized carbons (Fsp3) is 0.528. The lowest BCUT2D eigenvalue weighted by Gasteiger charge is -2.33. The number of esters is 1. The molecule has 0 saturated heterocycles. The summed E-state index contributed by atoms with van der Waals surface area (Å²) in [5.74, 6) is -1.35. The number of primary amides is 1. The lowest BCUT2D eigenvalue weighted by molar-refractivity contribution is -0.168. The van der Waals surface area contributed by atoms with Crippen molar-refractivity contribution in [2.75, 3.05) is 0 Å². The van der Waals surface area contributed by atoms with Crippen LogP contribution in [0, 0.1) is 23.2 Å². The van der Waals surface area contributed by atoms with Gasteiger partial charge in [-0.2, -0.15) is 0 Å². The molecular weight excluding hydrogens is 540 g/mol. The Morgan fingerprint density at radius 3 is 1.98 bits per heavy atom. The lowest BCUT2D eigenvalue weighted by Crippen LogP contribution is -2.52. The molecule has 0 unspecified atom stereocenters. The number of hydrogen-bond acceptors (Lipinski definition) is 5. The van der Waals surface area contributed by atoms with E-state index in [9.17, 15) is 19.5 Å². The van der Waals surface area contributed by atoms with E-state index in [-0.39, 0.29) is 18.8 Å². The average molecular weight is 591 g/mol. The van der Waals surface area contributed by atoms with E-state index >= 15 is 0 Å². The van der Waals surface area contributed by atoms with E-state index in [0.717, 1.165) is 36.8 Å². The van der Waals surface area contributed by atoms with Gasteiger partial charge in [-0.15, -0.1) is 6.58 Å². The van der Waals surface area contributed by atoms with Gasteiger partial charge in [0.25, 0.3) is 5.91 Å². The fourth-order valence-corrected chi connectivity index (χ4v) is 6.18. The molecule has 2 aromatic rings. The number of rotatable bonds is 16. The summed E-state index contributed by atoms with van der Waals surface area (Å²) in [5.41, 5.74) is 5.74. The molecule has 0 aromatic heterocycles. The number of nitrogens with one attached hydrogen (secondary N) is 1. The topological polar surface area (TPSA) is 119 Å². The second-order valence-electron chi connectivity index (χ2n) is 12.6. The molecule has 43 heavy (non-hydrogen) atoms. The summed E-state index contributed by atoms with van der Waals surface area (Å²) in [6.07, 6.45) is 6.73. The molecule has 0 radical (unpaired) electrons. The summed E-state index contributed by atoms with van der Waals surface area (Å²) in [6, 6.07) is 17.9. The molecule has 7 nitrogen and oxygen atoms in total. The van der Waals surface area contributed by atoms with Gasteiger partial charge in [-0.1, -0.05) is 113 Å². The van der Waals surface area contributed by atoms with E-state index in [1.807, 2.05) is 66.7 Å². The van der Waals surface area contributed by atoms with Gasteiger partial charge in [-0.05, 0) is 61.5 Å². The first kappa shape index (κ1) is 34.0. The molecule has 2 amide bonds. The largest absolute Gasteiger partial charge is 0.452 e. The maximum absolute atomic E-state index is 13.9. The van der Waals surface area contributed by atoms with E-state index in [4.69, 9.17) is 10.5 Å². The number of carbonyl (C=O) groups is 3. The number of aliphatic hydroxyl groups excluding tert-OH is 1. The molecule has 1 saturated carbocycles. The van der Waals surface area contributed by atoms with Crippen LogP contribution in [0.4, 0.5) is 0 Å². The van der Waals surface area contributed by atoms with E-state index in [0.29, 0.717) is 24.7 Å². The molecule has 1 aliphatic carbocycles. The van der Waals surface area contributed by atoms with Crippen LogP contribution in [0.25, 0.3) is 0 Å². The van der Waals surface area contributed by atoms with Crippen molar-refractivity contribution in [1.82, 2.24) is 5.32 Å². The van der Waals surface area contributed by atoms with E-state index < -0.39 is 41.4 Å². The first-order chi connectivity index (χ1) is 20.6. The SMILES string of the molecule is C=C[C@@H](C[C@H](O)[C@H](CC1CCCCC1)NC(=O)[C@H](C)OC(=O)C(Cc1ccccc1)(Cc1ccccc1)C(N)=O)C(C)C. The molecule has 4 N–H and O–H groups in total. The fourth-order valence-electron chi connectivity index (χ4n) is 6.18. The Morgan fingerprint density at radius 1 is 0.977 bits per heavy atom. The Morgan fingerprint density at radius 2 is 1.51 bits per heavy atom. The van der Waals surface area contributed by atoms with Crippen LogP contribution in [-0.4, -0.2) is 41.1 Å². The zero-order valence-electron chi connectivity index (χ0n) is 26.0. The van der Waals surface area contributed by atoms with Crippen LogP contribution in [0.2, 0.25) is 0 Å². The molecule has 0 heterocycles. The van der Waals surface area contributed by atoms with Gasteiger partial charge >= 0.3 is 5.97 Å². The standard InChI is InChI=1S/C36H50N2O5/c1-5-30(25(2)3)22-32(39)31(21-27-15-9-6-10-16-27)38-33(40)26(4)43-35(42)36(34(37)41,23-28-17-11-7-12-18-28)24-29-19-13-8-14-20-29/h5,7-8,11-14,17-20,25-27,30-32,39H,1,6,9-10,15-16,21-24H2,2-4H3,(H2,37,41)(H,38,40)/t26-,30-,31-,32-/m0/s1. The summed E-state index contributed by atoms with van der Waals surface area (Å²) >= 11 is 0. The van der Waals surface area contributed by atoms with Crippen molar-refractivity contribution < 1.29 is 24.2 Å². The summed E-state index contributed by atoms with van der Waals surface area (Å²) in [5, 5.41) is 14.3. The average Bonchev–Trinajstić information content (AvgIpc) is 3.00. The van der Waals surface area contributed by atoms with Crippen LogP contribution in [0.3, 0.4) is 0 Å². The normalized spacial score (nSPS) is 17.0. The van der Waals surface area contributed by atoms with Gasteiger partial charge in [0.2, 0.25) is 5.91 Å². The molecule has 7 heteroatoms. The van der Waals surface area contributed by atoms with Crippen molar-refractivity contribution in [3.05, 3.63) is 84.4 Å². The van der Waals surface area contributed by atoms with E-state index in [2.05, 4.69) is 25.7 Å². The second kappa shape index (κ2) is 16.4. The first-order valence-corrected chi connectivity index (χ1v) is 15.8. The van der Waals surface area contributed by atoms with Gasteiger partial charge in [0.1, 0.15) is 0 Å². The van der Waals surface area contributed by atoms with Crippen LogP contribution in [-0.2, 0) is 32.0 Å². The Balaban J connectivity index is 1.81. The van der Waals surface area contributed by atoms with Gasteiger partial charge in [0.05, 0.1) is 12.1 Å². The number of aliphatic hydroxyl groups is 1. The van der Waals surface area contributed by atoms with Crippen LogP contribution in [0.5, 0.6) is 0 Å². The summed E-state index contributed by atoms with van der Waals surface area (Å²) in [4.78, 5) is 40.4. The van der Waals surface area contributed by atoms with Crippen LogP contribution in [0.1, 0.15) is 76.8 Å². The number of nitrogens with two attached hydrogens (primary N) is 1. The van der Waals surface area contributed by atoms with E-state index in [1.165, 1.54) is 13.3 Å². The monoisotopic (exact) mass is 590 g/mol. The smallest absolute Gasteiger partial charge is 0.323 e. The van der Waals surface area contributed by atoms with Crippen LogP contribution >= 0.6 is 0 Å². The molecule has 0 bridgehead atoms. The highest BCUT2D eigenvalue weighted by Crippen LogP contribution is 2.32. The molecule has 0 spiro atoms. The van der Waals surface area contributed by atoms with Crippen molar-refractivity contribution in [3.63, 3.8) is 0 Å². The summed E-state index contributed by atoms with van der Waals surface area (Å²) in [6.45, 7) is 9.61. The molecule has 0 aliphatic heterocycles. The van der Waals surface area contributed by atoms with E-state index in [1.54, 1.807) is 0 Å². The Kier molecular flexibility index (Phi) is 13.0. The lowest BCUT2D eigenvalue weighted by atomic mass is 9.75. The van der Waals surface area contributed by atoms with Crippen molar-refractivity contribution >= 4 is 17.8 Å². The minimum atomic E-state index is -1.72. The zero-order valence-corrected chi connectivity index (χ0v) is 26.0. The minimum Gasteiger partial charge on any atom is -0.452 e. The first-order valence-electron chi connectivity index (χ1n) is 15.8. The van der Waals surface area contributed by atoms with Gasteiger partial charge in [0.15, 0.2) is 11.5 Å². The molecule has 1 aliphatic rings. The predicted molar refractivity (Wildman–Crippen MR) is 170 cm³/mol. The highest BCUT2D eigenvalue weighted by molar-refractivity contribution is 6.03. The Hall–Kier alpha value is -3.45. The molecule has 234 valence electrons. The molecule has 3 rings (SSSR count). The maximum atomic E-state index is 13.9. The van der Waals surface area contributed by atoms with Gasteiger partial charge in [-0.25, -0.2) is 0 Å². The van der Waals surface area contributed by atoms with Gasteiger partial charge in [-0.3, -0.25) is 14.4 Å².